The molecule has 1 saturated heterocycles. The average molecular weight is 302 g/mol. The Balaban J connectivity index is 1.33. The van der Waals surface area contributed by atoms with E-state index in [0.29, 0.717) is 17.4 Å². The number of hydrogen-bond donors (Lipinski definition) is 1. The number of nitrogens with zero attached hydrogens (tertiary/aromatic N) is 1. The highest BCUT2D eigenvalue weighted by atomic mass is 16.7. The van der Waals surface area contributed by atoms with E-state index in [0.717, 1.165) is 44.1 Å². The molecule has 4 rings (SSSR count). The van der Waals surface area contributed by atoms with Gasteiger partial charge >= 0.3 is 0 Å². The predicted octanol–water partition coefficient (Wildman–Crippen LogP) is 2.02. The first-order valence-corrected chi connectivity index (χ1v) is 8.22. The molecule has 5 nitrogen and oxygen atoms in total. The Hall–Kier alpha value is -1.75. The zero-order valence-corrected chi connectivity index (χ0v) is 12.7. The van der Waals surface area contributed by atoms with Gasteiger partial charge in [0.25, 0.3) is 5.91 Å². The number of ether oxygens (including phenoxy) is 2. The van der Waals surface area contributed by atoms with E-state index in [-0.39, 0.29) is 12.7 Å². The van der Waals surface area contributed by atoms with E-state index in [9.17, 15) is 4.79 Å². The quantitative estimate of drug-likeness (QED) is 0.924. The molecule has 1 amide bonds. The average Bonchev–Trinajstić information content (AvgIpc) is 3.27. The van der Waals surface area contributed by atoms with Gasteiger partial charge < -0.3 is 19.7 Å². The zero-order chi connectivity index (χ0) is 14.9. The summed E-state index contributed by atoms with van der Waals surface area (Å²) >= 11 is 0. The maximum atomic E-state index is 12.6. The van der Waals surface area contributed by atoms with Gasteiger partial charge in [-0.25, -0.2) is 0 Å². The summed E-state index contributed by atoms with van der Waals surface area (Å²) in [7, 11) is 0. The number of carbonyl (C=O) groups excluding carboxylic acids is 1. The molecule has 0 radical (unpaired) electrons. The minimum Gasteiger partial charge on any atom is -0.454 e. The second-order valence-electron chi connectivity index (χ2n) is 6.49. The molecule has 22 heavy (non-hydrogen) atoms. The molecule has 0 unspecified atom stereocenters. The van der Waals surface area contributed by atoms with Crippen LogP contribution >= 0.6 is 0 Å². The number of piperidine rings is 1. The molecule has 118 valence electrons. The molecule has 0 spiro atoms. The van der Waals surface area contributed by atoms with Crippen LogP contribution in [0.5, 0.6) is 11.5 Å². The van der Waals surface area contributed by atoms with Crippen molar-refractivity contribution in [3.05, 3.63) is 23.8 Å². The molecule has 0 atom stereocenters. The van der Waals surface area contributed by atoms with Crippen molar-refractivity contribution in [1.82, 2.24) is 10.2 Å². The van der Waals surface area contributed by atoms with Crippen LogP contribution < -0.4 is 14.8 Å². The monoisotopic (exact) mass is 302 g/mol. The Morgan fingerprint density at radius 1 is 1.14 bits per heavy atom. The lowest BCUT2D eigenvalue weighted by Crippen LogP contribution is -2.45. The molecular weight excluding hydrogens is 280 g/mol. The predicted molar refractivity (Wildman–Crippen MR) is 82.2 cm³/mol. The van der Waals surface area contributed by atoms with Crippen molar-refractivity contribution in [2.24, 2.45) is 5.92 Å². The summed E-state index contributed by atoms with van der Waals surface area (Å²) in [4.78, 5) is 14.5. The Bertz CT molecular complexity index is 563. The van der Waals surface area contributed by atoms with Crippen molar-refractivity contribution in [2.45, 2.75) is 31.7 Å². The Morgan fingerprint density at radius 2 is 1.91 bits per heavy atom. The lowest BCUT2D eigenvalue weighted by Gasteiger charge is -2.32. The van der Waals surface area contributed by atoms with Gasteiger partial charge in [0.05, 0.1) is 0 Å². The molecule has 1 saturated carbocycles. The van der Waals surface area contributed by atoms with Crippen LogP contribution in [0.2, 0.25) is 0 Å². The van der Waals surface area contributed by atoms with E-state index < -0.39 is 0 Å². The number of rotatable bonds is 4. The van der Waals surface area contributed by atoms with E-state index in [1.54, 1.807) is 6.07 Å². The van der Waals surface area contributed by atoms with E-state index in [1.165, 1.54) is 12.8 Å². The fraction of sp³-hybridized carbons (Fsp3) is 0.588. The molecule has 3 aliphatic rings. The zero-order valence-electron chi connectivity index (χ0n) is 12.7. The lowest BCUT2D eigenvalue weighted by molar-refractivity contribution is 0.0704. The number of nitrogens with one attached hydrogen (secondary N) is 1. The van der Waals surface area contributed by atoms with Crippen molar-refractivity contribution in [3.8, 4) is 11.5 Å². The Kier molecular flexibility index (Phi) is 3.66. The van der Waals surface area contributed by atoms with Crippen LogP contribution in [0.3, 0.4) is 0 Å². The maximum absolute atomic E-state index is 12.6. The highest BCUT2D eigenvalue weighted by molar-refractivity contribution is 5.95. The number of benzene rings is 1. The maximum Gasteiger partial charge on any atom is 0.253 e. The van der Waals surface area contributed by atoms with E-state index in [2.05, 4.69) is 5.32 Å². The van der Waals surface area contributed by atoms with Gasteiger partial charge in [0.2, 0.25) is 6.79 Å². The van der Waals surface area contributed by atoms with Gasteiger partial charge in [-0.05, 0) is 56.3 Å². The number of amides is 1. The third-order valence-corrected chi connectivity index (χ3v) is 4.79. The first-order chi connectivity index (χ1) is 10.8. The van der Waals surface area contributed by atoms with Crippen LogP contribution in [0.15, 0.2) is 18.2 Å². The Morgan fingerprint density at radius 3 is 2.68 bits per heavy atom. The summed E-state index contributed by atoms with van der Waals surface area (Å²) in [6.07, 6.45) is 4.86. The molecule has 2 fully saturated rings. The SMILES string of the molecule is O=C(c1ccc2c(c1)OCO2)N1CCC(NCC2CC2)CC1. The first kappa shape index (κ1) is 13.9. The largest absolute Gasteiger partial charge is 0.454 e. The number of hydrogen-bond acceptors (Lipinski definition) is 4. The molecule has 2 aliphatic heterocycles. The third kappa shape index (κ3) is 2.90. The second kappa shape index (κ2) is 5.80. The minimum atomic E-state index is 0.0962. The molecule has 1 aliphatic carbocycles. The Labute approximate surface area is 130 Å². The van der Waals surface area contributed by atoms with Crippen molar-refractivity contribution >= 4 is 5.91 Å². The molecule has 1 aromatic carbocycles. The van der Waals surface area contributed by atoms with Crippen LogP contribution in [-0.2, 0) is 0 Å². The molecule has 5 heteroatoms. The molecule has 2 heterocycles. The third-order valence-electron chi connectivity index (χ3n) is 4.79. The van der Waals surface area contributed by atoms with E-state index in [4.69, 9.17) is 9.47 Å². The number of fused-ring (bicyclic) bond motifs is 1. The summed E-state index contributed by atoms with van der Waals surface area (Å²) in [5.74, 6) is 2.40. The highest BCUT2D eigenvalue weighted by Gasteiger charge is 2.27. The summed E-state index contributed by atoms with van der Waals surface area (Å²) in [6, 6.07) is 6.01. The normalized spacial score (nSPS) is 21.2. The molecular formula is C17H22N2O3. The molecule has 1 aromatic rings. The fourth-order valence-electron chi connectivity index (χ4n) is 3.15. The van der Waals surface area contributed by atoms with Gasteiger partial charge in [0, 0.05) is 24.7 Å². The van der Waals surface area contributed by atoms with Gasteiger partial charge in [-0.1, -0.05) is 0 Å². The second-order valence-corrected chi connectivity index (χ2v) is 6.49. The fourth-order valence-corrected chi connectivity index (χ4v) is 3.15. The van der Waals surface area contributed by atoms with Gasteiger partial charge in [0.1, 0.15) is 0 Å². The first-order valence-electron chi connectivity index (χ1n) is 8.22. The van der Waals surface area contributed by atoms with E-state index >= 15 is 0 Å². The summed E-state index contributed by atoms with van der Waals surface area (Å²) in [6.45, 7) is 3.05. The summed E-state index contributed by atoms with van der Waals surface area (Å²) < 4.78 is 10.6. The number of likely N-dealkylation sites (tertiary alicyclic amines) is 1. The highest BCUT2D eigenvalue weighted by Crippen LogP contribution is 2.33. The summed E-state index contributed by atoms with van der Waals surface area (Å²) in [5.41, 5.74) is 0.689. The van der Waals surface area contributed by atoms with Crippen LogP contribution in [0.25, 0.3) is 0 Å². The van der Waals surface area contributed by atoms with Crippen molar-refractivity contribution in [1.29, 1.82) is 0 Å². The molecule has 0 bridgehead atoms. The topological polar surface area (TPSA) is 50.8 Å². The molecule has 0 aromatic heterocycles. The molecule has 1 N–H and O–H groups in total. The summed E-state index contributed by atoms with van der Waals surface area (Å²) in [5, 5.41) is 3.64. The van der Waals surface area contributed by atoms with Crippen LogP contribution in [0.4, 0.5) is 0 Å². The van der Waals surface area contributed by atoms with E-state index in [1.807, 2.05) is 17.0 Å². The minimum absolute atomic E-state index is 0.0962. The van der Waals surface area contributed by atoms with Crippen molar-refractivity contribution in [2.75, 3.05) is 26.4 Å². The lowest BCUT2D eigenvalue weighted by atomic mass is 10.0. The van der Waals surface area contributed by atoms with Crippen LogP contribution in [0, 0.1) is 5.92 Å². The van der Waals surface area contributed by atoms with Gasteiger partial charge in [-0.2, -0.15) is 0 Å². The van der Waals surface area contributed by atoms with Crippen molar-refractivity contribution in [3.63, 3.8) is 0 Å². The van der Waals surface area contributed by atoms with Crippen LogP contribution in [-0.4, -0.2) is 43.3 Å². The van der Waals surface area contributed by atoms with Crippen molar-refractivity contribution < 1.29 is 14.3 Å². The number of carbonyl (C=O) groups is 1. The van der Waals surface area contributed by atoms with Gasteiger partial charge in [-0.15, -0.1) is 0 Å². The standard InChI is InChI=1S/C17H22N2O3/c20-17(13-3-4-15-16(9-13)22-11-21-15)19-7-5-14(6-8-19)18-10-12-1-2-12/h3-4,9,12,14,18H,1-2,5-8,10-11H2. The van der Waals surface area contributed by atoms with Crippen LogP contribution in [0.1, 0.15) is 36.0 Å². The smallest absolute Gasteiger partial charge is 0.253 e. The van der Waals surface area contributed by atoms with Gasteiger partial charge in [-0.3, -0.25) is 4.79 Å². The van der Waals surface area contributed by atoms with Gasteiger partial charge in [0.15, 0.2) is 11.5 Å².